The molecule has 218 valence electrons. The topological polar surface area (TPSA) is 216 Å². The van der Waals surface area contributed by atoms with Gasteiger partial charge in [-0.1, -0.05) is 0 Å². The number of hydrogen-bond acceptors (Lipinski definition) is 14. The monoisotopic (exact) mass is 571 g/mol. The predicted octanol–water partition coefficient (Wildman–Crippen LogP) is -0.520. The Balaban J connectivity index is 2.82. The molecule has 0 bridgehead atoms. The third-order valence-corrected chi connectivity index (χ3v) is 5.41. The number of carbonyl (C=O) groups excluding carboxylic acids is 5. The summed E-state index contributed by atoms with van der Waals surface area (Å²) in [5, 5.41) is 2.31. The Morgan fingerprint density at radius 3 is 1.92 bits per heavy atom. The fourth-order valence-corrected chi connectivity index (χ4v) is 3.75. The average molecular weight is 572 g/mol. The zero-order valence-electron chi connectivity index (χ0n) is 21.4. The molecule has 17 heteroatoms. The molecule has 5 atom stereocenters. The Hall–Kier alpha value is -3.02. The van der Waals surface area contributed by atoms with E-state index in [0.717, 1.165) is 27.7 Å². The van der Waals surface area contributed by atoms with Crippen molar-refractivity contribution in [1.82, 2.24) is 5.32 Å². The summed E-state index contributed by atoms with van der Waals surface area (Å²) in [6.07, 6.45) is -7.28. The van der Waals surface area contributed by atoms with E-state index >= 15 is 0 Å². The molecular formula is C21H33NO15S. The third kappa shape index (κ3) is 13.5. The van der Waals surface area contributed by atoms with Gasteiger partial charge in [0, 0.05) is 40.7 Å². The van der Waals surface area contributed by atoms with E-state index < -0.39 is 83.2 Å². The molecule has 16 nitrogen and oxygen atoms in total. The highest BCUT2D eigenvalue weighted by atomic mass is 32.2. The maximum Gasteiger partial charge on any atom is 0.407 e. The SMILES string of the molecule is CC(=O)OCC1O[C@@H](OCCCOC(=O)NCCCS(=O)(=O)O)[C@H](OC(C)=O)[C@@H](OC(C)=O)[C@@H]1OC(C)=O. The van der Waals surface area contributed by atoms with Gasteiger partial charge in [0.15, 0.2) is 24.6 Å². The van der Waals surface area contributed by atoms with Crippen molar-refractivity contribution in [1.29, 1.82) is 0 Å². The van der Waals surface area contributed by atoms with E-state index in [1.807, 2.05) is 0 Å². The van der Waals surface area contributed by atoms with Gasteiger partial charge in [0.1, 0.15) is 12.7 Å². The van der Waals surface area contributed by atoms with Crippen LogP contribution >= 0.6 is 0 Å². The lowest BCUT2D eigenvalue weighted by Gasteiger charge is -2.44. The number of ether oxygens (including phenoxy) is 7. The lowest BCUT2D eigenvalue weighted by Crippen LogP contribution is -2.63. The zero-order valence-corrected chi connectivity index (χ0v) is 22.2. The molecule has 1 saturated heterocycles. The largest absolute Gasteiger partial charge is 0.463 e. The summed E-state index contributed by atoms with van der Waals surface area (Å²) in [7, 11) is -4.13. The molecular weight excluding hydrogens is 538 g/mol. The maximum absolute atomic E-state index is 11.8. The summed E-state index contributed by atoms with van der Waals surface area (Å²) in [6, 6.07) is 0. The summed E-state index contributed by atoms with van der Waals surface area (Å²) < 4.78 is 67.0. The minimum absolute atomic E-state index is 0.0139. The zero-order chi connectivity index (χ0) is 28.9. The molecule has 38 heavy (non-hydrogen) atoms. The predicted molar refractivity (Wildman–Crippen MR) is 123 cm³/mol. The molecule has 1 unspecified atom stereocenters. The fourth-order valence-electron chi connectivity index (χ4n) is 3.24. The molecule has 0 aromatic rings. The lowest BCUT2D eigenvalue weighted by molar-refractivity contribution is -0.308. The van der Waals surface area contributed by atoms with Gasteiger partial charge in [-0.15, -0.1) is 0 Å². The number of alkyl carbamates (subject to hydrolysis) is 1. The quantitative estimate of drug-likeness (QED) is 0.116. The highest BCUT2D eigenvalue weighted by Gasteiger charge is 2.52. The van der Waals surface area contributed by atoms with Crippen molar-refractivity contribution in [3.05, 3.63) is 0 Å². The second-order valence-electron chi connectivity index (χ2n) is 7.99. The van der Waals surface area contributed by atoms with Gasteiger partial charge in [-0.05, 0) is 6.42 Å². The second-order valence-corrected chi connectivity index (χ2v) is 9.57. The number of amides is 1. The molecule has 0 aromatic heterocycles. The number of nitrogens with one attached hydrogen (secondary N) is 1. The Morgan fingerprint density at radius 2 is 1.37 bits per heavy atom. The molecule has 1 aliphatic rings. The molecule has 1 amide bonds. The second kappa shape index (κ2) is 16.1. The van der Waals surface area contributed by atoms with Crippen molar-refractivity contribution < 1.29 is 70.1 Å². The molecule has 1 fully saturated rings. The van der Waals surface area contributed by atoms with Crippen molar-refractivity contribution >= 4 is 40.1 Å². The van der Waals surface area contributed by atoms with Gasteiger partial charge in [-0.25, -0.2) is 4.79 Å². The molecule has 0 aliphatic carbocycles. The van der Waals surface area contributed by atoms with Crippen LogP contribution in [0.3, 0.4) is 0 Å². The van der Waals surface area contributed by atoms with Crippen LogP contribution in [0.1, 0.15) is 40.5 Å². The summed E-state index contributed by atoms with van der Waals surface area (Å²) in [6.45, 7) is 3.75. The Labute approximate surface area is 219 Å². The van der Waals surface area contributed by atoms with Crippen LogP contribution in [-0.2, 0) is 62.5 Å². The summed E-state index contributed by atoms with van der Waals surface area (Å²) >= 11 is 0. The van der Waals surface area contributed by atoms with Crippen LogP contribution in [0.4, 0.5) is 4.79 Å². The average Bonchev–Trinajstić information content (AvgIpc) is 2.77. The van der Waals surface area contributed by atoms with Crippen molar-refractivity contribution in [2.45, 2.75) is 71.2 Å². The van der Waals surface area contributed by atoms with Crippen molar-refractivity contribution in [2.24, 2.45) is 0 Å². The van der Waals surface area contributed by atoms with E-state index in [-0.39, 0.29) is 32.6 Å². The van der Waals surface area contributed by atoms with E-state index in [1.54, 1.807) is 0 Å². The van der Waals surface area contributed by atoms with Crippen LogP contribution in [0.25, 0.3) is 0 Å². The minimum atomic E-state index is -4.13. The van der Waals surface area contributed by atoms with E-state index in [9.17, 15) is 32.4 Å². The highest BCUT2D eigenvalue weighted by molar-refractivity contribution is 7.85. The highest BCUT2D eigenvalue weighted by Crippen LogP contribution is 2.30. The molecule has 0 radical (unpaired) electrons. The van der Waals surface area contributed by atoms with Gasteiger partial charge in [0.05, 0.1) is 19.0 Å². The third-order valence-electron chi connectivity index (χ3n) is 4.60. The number of esters is 4. The summed E-state index contributed by atoms with van der Waals surface area (Å²) in [5.41, 5.74) is 0. The van der Waals surface area contributed by atoms with Crippen molar-refractivity contribution in [3.8, 4) is 0 Å². The number of carbonyl (C=O) groups is 5. The van der Waals surface area contributed by atoms with E-state index in [0.29, 0.717) is 0 Å². The molecule has 1 aliphatic heterocycles. The van der Waals surface area contributed by atoms with Gasteiger partial charge >= 0.3 is 30.0 Å². The molecule has 2 N–H and O–H groups in total. The van der Waals surface area contributed by atoms with Crippen LogP contribution in [0, 0.1) is 0 Å². The first-order valence-electron chi connectivity index (χ1n) is 11.5. The van der Waals surface area contributed by atoms with Gasteiger partial charge < -0.3 is 38.5 Å². The van der Waals surface area contributed by atoms with Gasteiger partial charge in [0.25, 0.3) is 10.1 Å². The van der Waals surface area contributed by atoms with Crippen molar-refractivity contribution in [2.75, 3.05) is 32.1 Å². The smallest absolute Gasteiger partial charge is 0.407 e. The van der Waals surface area contributed by atoms with Crippen LogP contribution in [0.5, 0.6) is 0 Å². The Morgan fingerprint density at radius 1 is 0.789 bits per heavy atom. The van der Waals surface area contributed by atoms with Crippen LogP contribution in [0.2, 0.25) is 0 Å². The summed E-state index contributed by atoms with van der Waals surface area (Å²) in [4.78, 5) is 58.3. The molecule has 0 saturated carbocycles. The van der Waals surface area contributed by atoms with Crippen LogP contribution in [0.15, 0.2) is 0 Å². The summed E-state index contributed by atoms with van der Waals surface area (Å²) in [5.74, 6) is -3.51. The van der Waals surface area contributed by atoms with E-state index in [2.05, 4.69) is 5.32 Å². The van der Waals surface area contributed by atoms with E-state index in [4.69, 9.17) is 37.7 Å². The molecule has 0 aromatic carbocycles. The van der Waals surface area contributed by atoms with Gasteiger partial charge in [-0.3, -0.25) is 23.7 Å². The first-order chi connectivity index (χ1) is 17.7. The maximum atomic E-state index is 11.8. The molecule has 1 rings (SSSR count). The van der Waals surface area contributed by atoms with Crippen molar-refractivity contribution in [3.63, 3.8) is 0 Å². The molecule has 1 heterocycles. The van der Waals surface area contributed by atoms with Crippen LogP contribution in [-0.4, -0.2) is 106 Å². The van der Waals surface area contributed by atoms with Crippen LogP contribution < -0.4 is 5.32 Å². The normalized spacial score (nSPS) is 23.0. The number of rotatable bonds is 14. The fraction of sp³-hybridized carbons (Fsp3) is 0.762. The first-order valence-corrected chi connectivity index (χ1v) is 13.1. The van der Waals surface area contributed by atoms with Gasteiger partial charge in [0.2, 0.25) is 0 Å². The Bertz CT molecular complexity index is 937. The van der Waals surface area contributed by atoms with E-state index in [1.165, 1.54) is 0 Å². The minimum Gasteiger partial charge on any atom is -0.463 e. The lowest BCUT2D eigenvalue weighted by atomic mass is 9.98. The Kier molecular flexibility index (Phi) is 13.9. The first kappa shape index (κ1) is 33.0. The molecule has 0 spiro atoms. The van der Waals surface area contributed by atoms with Gasteiger partial charge in [-0.2, -0.15) is 8.42 Å². The standard InChI is InChI=1S/C21H33NO15S/c1-12(23)33-11-16-17(34-13(2)24)18(35-14(3)25)19(36-15(4)26)20(37-16)31-8-6-9-32-21(27)22-7-5-10-38(28,29)30/h16-20H,5-11H2,1-4H3,(H,22,27)(H,28,29,30)/t16?,17-,18+,19-,20-/m1/s1. The number of hydrogen-bond donors (Lipinski definition) is 2.